The first-order valence-corrected chi connectivity index (χ1v) is 15.5. The van der Waals surface area contributed by atoms with Crippen LogP contribution in [0.3, 0.4) is 0 Å². The zero-order chi connectivity index (χ0) is 32.8. The van der Waals surface area contributed by atoms with E-state index in [1.54, 1.807) is 115 Å². The molecule has 1 saturated heterocycles. The minimum absolute atomic E-state index is 0.0349. The van der Waals surface area contributed by atoms with Crippen LogP contribution in [0, 0.1) is 5.92 Å². The second-order valence-electron chi connectivity index (χ2n) is 10.3. The first-order chi connectivity index (χ1) is 22.0. The quantitative estimate of drug-likeness (QED) is 0.201. The molecule has 2 atom stereocenters. The van der Waals surface area contributed by atoms with Crippen LogP contribution in [0.15, 0.2) is 115 Å². The maximum absolute atomic E-state index is 13.7. The Balaban J connectivity index is 1.58. The van der Waals surface area contributed by atoms with E-state index in [2.05, 4.69) is 5.32 Å². The number of esters is 2. The number of ether oxygens (including phenoxy) is 2. The fourth-order valence-electron chi connectivity index (χ4n) is 5.44. The lowest BCUT2D eigenvalue weighted by atomic mass is 9.75. The topological polar surface area (TPSA) is 102 Å². The molecule has 0 aromatic heterocycles. The molecule has 0 spiro atoms. The van der Waals surface area contributed by atoms with Gasteiger partial charge in [-0.05, 0) is 42.9 Å². The van der Waals surface area contributed by atoms with Crippen LogP contribution in [-0.4, -0.2) is 51.3 Å². The second-order valence-corrected chi connectivity index (χ2v) is 12.3. The molecule has 0 unspecified atom stereocenters. The Morgan fingerprint density at radius 2 is 1.44 bits per heavy atom. The zero-order valence-electron chi connectivity index (χ0n) is 26.4. The summed E-state index contributed by atoms with van der Waals surface area (Å²) in [5.74, 6) is -2.38. The van der Waals surface area contributed by atoms with Gasteiger partial charge in [-0.2, -0.15) is 0 Å². The van der Waals surface area contributed by atoms with E-state index in [0.717, 1.165) is 0 Å². The third-order valence-electron chi connectivity index (χ3n) is 7.59. The molecule has 0 saturated carbocycles. The van der Waals surface area contributed by atoms with Gasteiger partial charge >= 0.3 is 11.9 Å². The lowest BCUT2D eigenvalue weighted by molar-refractivity contribution is -0.0827. The summed E-state index contributed by atoms with van der Waals surface area (Å²) < 4.78 is 64.4. The normalized spacial score (nSPS) is 20.3. The molecule has 1 aliphatic rings. The summed E-state index contributed by atoms with van der Waals surface area (Å²) in [4.78, 5) is 26.9. The van der Waals surface area contributed by atoms with E-state index in [1.807, 2.05) is 0 Å². The molecule has 1 heterocycles. The van der Waals surface area contributed by atoms with E-state index in [1.165, 1.54) is 4.31 Å². The van der Waals surface area contributed by atoms with Crippen molar-refractivity contribution in [2.24, 2.45) is 5.92 Å². The lowest BCUT2D eigenvalue weighted by Crippen LogP contribution is -2.56. The number of hydrogen-bond acceptors (Lipinski definition) is 7. The van der Waals surface area contributed by atoms with E-state index in [9.17, 15) is 18.0 Å². The summed E-state index contributed by atoms with van der Waals surface area (Å²) in [6.45, 7) is -3.01. The van der Waals surface area contributed by atoms with Crippen molar-refractivity contribution in [3.05, 3.63) is 138 Å². The second kappa shape index (κ2) is 13.3. The molecule has 1 aliphatic heterocycles. The molecule has 1 fully saturated rings. The van der Waals surface area contributed by atoms with Gasteiger partial charge in [0.15, 0.2) is 0 Å². The van der Waals surface area contributed by atoms with Crippen LogP contribution < -0.4 is 10.1 Å². The van der Waals surface area contributed by atoms with Crippen LogP contribution in [0.1, 0.15) is 42.4 Å². The van der Waals surface area contributed by atoms with Crippen molar-refractivity contribution in [3.63, 3.8) is 0 Å². The smallest absolute Gasteiger partial charge is 0.343 e. The first-order valence-electron chi connectivity index (χ1n) is 15.4. The average molecular weight is 602 g/mol. The molecule has 222 valence electrons. The molecule has 0 amide bonds. The standard InChI is InChI=1S/C34H34N2O6S/c1-35-23-29-24-36(43(39,40)25-26-13-5-2-6-14-26)22-21-34(29,42-33(38)28-17-9-4-10-18-28)30-19-11-12-20-31(30)41-32(37)27-15-7-3-8-16-27/h2-20,29,35H,21-25H2,1H3/t29-,34+/m1/s1/i1D3. The zero-order valence-corrected chi connectivity index (χ0v) is 24.2. The Kier molecular flexibility index (Phi) is 8.16. The van der Waals surface area contributed by atoms with Gasteiger partial charge in [-0.1, -0.05) is 84.9 Å². The van der Waals surface area contributed by atoms with E-state index >= 15 is 0 Å². The summed E-state index contributed by atoms with van der Waals surface area (Å²) >= 11 is 0. The maximum atomic E-state index is 13.7. The van der Waals surface area contributed by atoms with Crippen molar-refractivity contribution >= 4 is 22.0 Å². The Morgan fingerprint density at radius 1 is 0.860 bits per heavy atom. The Bertz CT molecular complexity index is 1760. The highest BCUT2D eigenvalue weighted by atomic mass is 32.2. The summed E-state index contributed by atoms with van der Waals surface area (Å²) in [5, 5.41) is 2.52. The van der Waals surface area contributed by atoms with Crippen molar-refractivity contribution in [1.82, 2.24) is 9.62 Å². The summed E-state index contributed by atoms with van der Waals surface area (Å²) in [5.41, 5.74) is -0.110. The summed E-state index contributed by atoms with van der Waals surface area (Å²) in [6.07, 6.45) is -0.0349. The highest BCUT2D eigenvalue weighted by Gasteiger charge is 2.51. The molecule has 4 aromatic carbocycles. The minimum atomic E-state index is -3.86. The van der Waals surface area contributed by atoms with Gasteiger partial charge in [0.25, 0.3) is 0 Å². The van der Waals surface area contributed by atoms with E-state index in [-0.39, 0.29) is 43.1 Å². The molecule has 8 nitrogen and oxygen atoms in total. The van der Waals surface area contributed by atoms with Gasteiger partial charge in [0, 0.05) is 41.6 Å². The Labute approximate surface area is 256 Å². The van der Waals surface area contributed by atoms with Gasteiger partial charge in [0.05, 0.1) is 16.9 Å². The van der Waals surface area contributed by atoms with Crippen LogP contribution in [0.5, 0.6) is 5.75 Å². The molecular formula is C34H34N2O6S. The number of rotatable bonds is 10. The van der Waals surface area contributed by atoms with Gasteiger partial charge in [-0.25, -0.2) is 22.3 Å². The van der Waals surface area contributed by atoms with Crippen molar-refractivity contribution in [1.29, 1.82) is 0 Å². The third kappa shape index (κ3) is 6.85. The van der Waals surface area contributed by atoms with Crippen LogP contribution in [0.4, 0.5) is 0 Å². The number of hydrogen-bond donors (Lipinski definition) is 1. The van der Waals surface area contributed by atoms with Gasteiger partial charge in [0.1, 0.15) is 11.4 Å². The van der Waals surface area contributed by atoms with Gasteiger partial charge in [-0.15, -0.1) is 0 Å². The monoisotopic (exact) mass is 601 g/mol. The van der Waals surface area contributed by atoms with Crippen LogP contribution in [-0.2, 0) is 26.1 Å². The fraction of sp³-hybridized carbons (Fsp3) is 0.235. The minimum Gasteiger partial charge on any atom is -0.450 e. The van der Waals surface area contributed by atoms with Crippen LogP contribution in [0.25, 0.3) is 0 Å². The molecular weight excluding hydrogens is 564 g/mol. The lowest BCUT2D eigenvalue weighted by Gasteiger charge is -2.47. The molecule has 9 heteroatoms. The van der Waals surface area contributed by atoms with Gasteiger partial charge in [-0.3, -0.25) is 0 Å². The van der Waals surface area contributed by atoms with Crippen molar-refractivity contribution in [2.75, 3.05) is 26.6 Å². The van der Waals surface area contributed by atoms with Gasteiger partial charge in [0.2, 0.25) is 10.0 Å². The fourth-order valence-corrected chi connectivity index (χ4v) is 7.01. The van der Waals surface area contributed by atoms with E-state index in [4.69, 9.17) is 13.6 Å². The Hall–Kier alpha value is -4.31. The van der Waals surface area contributed by atoms with Crippen LogP contribution >= 0.6 is 0 Å². The molecule has 0 bridgehead atoms. The molecule has 5 rings (SSSR count). The van der Waals surface area contributed by atoms with Crippen LogP contribution in [0.2, 0.25) is 0 Å². The number of sulfonamides is 1. The number of piperidine rings is 1. The SMILES string of the molecule is [2H]C([2H])([2H])NC[C@@H]1CN(S(=O)(=O)Cc2ccccc2)CC[C@@]1(OC(=O)c1ccccc1)c1ccccc1OC(=O)c1ccccc1. The molecule has 43 heavy (non-hydrogen) atoms. The highest BCUT2D eigenvalue weighted by Crippen LogP contribution is 2.46. The molecule has 0 aliphatic carbocycles. The first kappa shape index (κ1) is 26.3. The number of benzene rings is 4. The predicted molar refractivity (Wildman–Crippen MR) is 164 cm³/mol. The van der Waals surface area contributed by atoms with E-state index in [0.29, 0.717) is 16.7 Å². The third-order valence-corrected chi connectivity index (χ3v) is 9.41. The van der Waals surface area contributed by atoms with E-state index < -0.39 is 40.5 Å². The van der Waals surface area contributed by atoms with Crippen molar-refractivity contribution < 1.29 is 31.6 Å². The largest absolute Gasteiger partial charge is 0.450 e. The number of nitrogens with one attached hydrogen (secondary N) is 1. The highest BCUT2D eigenvalue weighted by molar-refractivity contribution is 7.88. The van der Waals surface area contributed by atoms with Crippen molar-refractivity contribution in [3.8, 4) is 5.75 Å². The predicted octanol–water partition coefficient (Wildman–Crippen LogP) is 5.03. The number of carbonyl (C=O) groups is 2. The molecule has 4 aromatic rings. The summed E-state index contributed by atoms with van der Waals surface area (Å²) in [7, 11) is -3.86. The molecule has 1 N–H and O–H groups in total. The number of nitrogens with zero attached hydrogens (tertiary/aromatic N) is 1. The van der Waals surface area contributed by atoms with Gasteiger partial charge < -0.3 is 14.8 Å². The maximum Gasteiger partial charge on any atom is 0.343 e. The summed E-state index contributed by atoms with van der Waals surface area (Å²) in [6, 6.07) is 32.0. The number of carbonyl (C=O) groups excluding carboxylic acids is 2. The average Bonchev–Trinajstić information content (AvgIpc) is 3.05. The number of para-hydroxylation sites is 1. The molecule has 0 radical (unpaired) electrons. The Morgan fingerprint density at radius 3 is 2.09 bits per heavy atom. The van der Waals surface area contributed by atoms with Crippen molar-refractivity contribution in [2.45, 2.75) is 17.8 Å².